The van der Waals surface area contributed by atoms with Crippen LogP contribution in [0.25, 0.3) is 0 Å². The van der Waals surface area contributed by atoms with E-state index in [1.54, 1.807) is 0 Å². The number of hydrogen-bond donors (Lipinski definition) is 3. The van der Waals surface area contributed by atoms with Gasteiger partial charge in [-0.1, -0.05) is 12.1 Å². The molecular formula is C9H14N4O. The van der Waals surface area contributed by atoms with Crippen LogP contribution in [0.3, 0.4) is 0 Å². The number of ether oxygens (including phenoxy) is 1. The average Bonchev–Trinajstić information content (AvgIpc) is 2.26. The normalized spacial score (nSPS) is 11.4. The van der Waals surface area contributed by atoms with Crippen molar-refractivity contribution in [3.05, 3.63) is 29.8 Å². The van der Waals surface area contributed by atoms with Gasteiger partial charge in [0.2, 0.25) is 0 Å². The molecule has 0 bridgehead atoms. The fourth-order valence-corrected chi connectivity index (χ4v) is 0.957. The Kier molecular flexibility index (Phi) is 3.75. The predicted molar refractivity (Wildman–Crippen MR) is 55.6 cm³/mol. The number of nitrogens with two attached hydrogens (primary N) is 3. The van der Waals surface area contributed by atoms with Crippen LogP contribution in [0.15, 0.2) is 29.4 Å². The van der Waals surface area contributed by atoms with Crippen molar-refractivity contribution in [3.8, 4) is 5.75 Å². The fourth-order valence-electron chi connectivity index (χ4n) is 0.957. The molecule has 0 saturated carbocycles. The van der Waals surface area contributed by atoms with Crippen LogP contribution in [0.1, 0.15) is 5.56 Å². The van der Waals surface area contributed by atoms with E-state index < -0.39 is 0 Å². The van der Waals surface area contributed by atoms with E-state index in [1.165, 1.54) is 0 Å². The highest BCUT2D eigenvalue weighted by atomic mass is 16.5. The van der Waals surface area contributed by atoms with Crippen molar-refractivity contribution in [2.24, 2.45) is 22.4 Å². The number of benzene rings is 1. The summed E-state index contributed by atoms with van der Waals surface area (Å²) in [5.41, 5.74) is 11.8. The molecule has 6 N–H and O–H groups in total. The number of nitrogens with zero attached hydrogens (tertiary/aromatic N) is 1. The molecule has 0 aliphatic rings. The fraction of sp³-hybridized carbons (Fsp3) is 0.222. The summed E-state index contributed by atoms with van der Waals surface area (Å²) in [4.78, 5) is 0. The van der Waals surface area contributed by atoms with E-state index in [1.807, 2.05) is 24.3 Å². The monoisotopic (exact) mass is 194 g/mol. The van der Waals surface area contributed by atoms with Gasteiger partial charge in [-0.05, 0) is 17.7 Å². The topological polar surface area (TPSA) is 99.6 Å². The molecule has 0 amide bonds. The zero-order valence-electron chi connectivity index (χ0n) is 7.81. The molecule has 76 valence electrons. The summed E-state index contributed by atoms with van der Waals surface area (Å²) in [5, 5.41) is 3.29. The molecule has 14 heavy (non-hydrogen) atoms. The third-order valence-corrected chi connectivity index (χ3v) is 1.69. The van der Waals surface area contributed by atoms with E-state index in [-0.39, 0.29) is 12.4 Å². The molecule has 5 heteroatoms. The molecule has 0 aromatic heterocycles. The Morgan fingerprint density at radius 2 is 2.21 bits per heavy atom. The minimum atomic E-state index is 0.185. The molecule has 0 unspecified atom stereocenters. The van der Waals surface area contributed by atoms with Gasteiger partial charge in [-0.25, -0.2) is 0 Å². The Morgan fingerprint density at radius 1 is 1.43 bits per heavy atom. The highest BCUT2D eigenvalue weighted by Gasteiger charge is 1.97. The lowest BCUT2D eigenvalue weighted by atomic mass is 10.2. The molecule has 0 heterocycles. The van der Waals surface area contributed by atoms with Gasteiger partial charge in [-0.3, -0.25) is 0 Å². The molecule has 0 fully saturated rings. The van der Waals surface area contributed by atoms with Gasteiger partial charge < -0.3 is 22.0 Å². The van der Waals surface area contributed by atoms with Gasteiger partial charge >= 0.3 is 0 Å². The summed E-state index contributed by atoms with van der Waals surface area (Å²) >= 11 is 0. The van der Waals surface area contributed by atoms with E-state index in [4.69, 9.17) is 22.0 Å². The van der Waals surface area contributed by atoms with Crippen LogP contribution in [-0.2, 0) is 6.54 Å². The number of amidine groups is 1. The molecule has 5 nitrogen and oxygen atoms in total. The van der Waals surface area contributed by atoms with Crippen LogP contribution >= 0.6 is 0 Å². The van der Waals surface area contributed by atoms with Crippen LogP contribution in [0.4, 0.5) is 0 Å². The van der Waals surface area contributed by atoms with Crippen LogP contribution in [0.2, 0.25) is 0 Å². The largest absolute Gasteiger partial charge is 0.486 e. The van der Waals surface area contributed by atoms with Crippen molar-refractivity contribution in [2.45, 2.75) is 6.54 Å². The summed E-state index contributed by atoms with van der Waals surface area (Å²) in [6.07, 6.45) is 0. The first-order chi connectivity index (χ1) is 6.76. The molecular weight excluding hydrogens is 180 g/mol. The van der Waals surface area contributed by atoms with Crippen LogP contribution in [0.5, 0.6) is 5.75 Å². The Labute approximate surface area is 82.5 Å². The minimum absolute atomic E-state index is 0.185. The summed E-state index contributed by atoms with van der Waals surface area (Å²) in [6, 6.07) is 7.47. The zero-order valence-corrected chi connectivity index (χ0v) is 7.81. The maximum absolute atomic E-state index is 5.48. The third kappa shape index (κ3) is 2.95. The average molecular weight is 194 g/mol. The van der Waals surface area contributed by atoms with Crippen molar-refractivity contribution in [1.29, 1.82) is 0 Å². The van der Waals surface area contributed by atoms with Crippen molar-refractivity contribution in [1.82, 2.24) is 0 Å². The summed E-state index contributed by atoms with van der Waals surface area (Å²) < 4.78 is 5.31. The van der Waals surface area contributed by atoms with E-state index in [0.717, 1.165) is 5.56 Å². The maximum Gasteiger partial charge on any atom is 0.157 e. The lowest BCUT2D eigenvalue weighted by Gasteiger charge is -2.06. The molecule has 0 saturated heterocycles. The summed E-state index contributed by atoms with van der Waals surface area (Å²) in [7, 11) is 0. The Morgan fingerprint density at radius 3 is 2.86 bits per heavy atom. The second-order valence-corrected chi connectivity index (χ2v) is 2.76. The van der Waals surface area contributed by atoms with E-state index in [9.17, 15) is 0 Å². The second kappa shape index (κ2) is 5.08. The zero-order chi connectivity index (χ0) is 10.4. The lowest BCUT2D eigenvalue weighted by molar-refractivity contribution is 0.374. The van der Waals surface area contributed by atoms with E-state index in [2.05, 4.69) is 5.10 Å². The molecule has 0 atom stereocenters. The first-order valence-electron chi connectivity index (χ1n) is 4.20. The molecule has 1 aromatic rings. The van der Waals surface area contributed by atoms with Gasteiger partial charge in [0.05, 0.1) is 0 Å². The van der Waals surface area contributed by atoms with Crippen molar-refractivity contribution < 1.29 is 4.74 Å². The van der Waals surface area contributed by atoms with E-state index in [0.29, 0.717) is 12.3 Å². The van der Waals surface area contributed by atoms with Gasteiger partial charge in [0.15, 0.2) is 5.84 Å². The van der Waals surface area contributed by atoms with Gasteiger partial charge in [0.1, 0.15) is 12.4 Å². The second-order valence-electron chi connectivity index (χ2n) is 2.76. The molecule has 0 aliphatic heterocycles. The van der Waals surface area contributed by atoms with Crippen LogP contribution < -0.4 is 22.0 Å². The van der Waals surface area contributed by atoms with Gasteiger partial charge in [0, 0.05) is 6.54 Å². The summed E-state index contributed by atoms with van der Waals surface area (Å²) in [5.74, 6) is 5.92. The smallest absolute Gasteiger partial charge is 0.157 e. The molecule has 1 rings (SSSR count). The molecule has 1 aromatic carbocycles. The standard InChI is InChI=1S/C9H14N4O/c10-5-7-2-1-3-8(4-7)14-6-9(11)13-12/h1-4H,5-6,10,12H2,(H2,11,13). The number of rotatable bonds is 4. The van der Waals surface area contributed by atoms with Crippen molar-refractivity contribution >= 4 is 5.84 Å². The van der Waals surface area contributed by atoms with E-state index >= 15 is 0 Å². The first-order valence-corrected chi connectivity index (χ1v) is 4.20. The highest BCUT2D eigenvalue weighted by molar-refractivity contribution is 5.81. The molecule has 0 aliphatic carbocycles. The highest BCUT2D eigenvalue weighted by Crippen LogP contribution is 2.12. The van der Waals surface area contributed by atoms with Gasteiger partial charge in [-0.2, -0.15) is 5.10 Å². The number of hydrazone groups is 1. The van der Waals surface area contributed by atoms with Crippen molar-refractivity contribution in [2.75, 3.05) is 6.61 Å². The van der Waals surface area contributed by atoms with Crippen LogP contribution in [-0.4, -0.2) is 12.4 Å². The molecule has 0 spiro atoms. The van der Waals surface area contributed by atoms with Gasteiger partial charge in [0.25, 0.3) is 0 Å². The first kappa shape index (κ1) is 10.3. The van der Waals surface area contributed by atoms with Gasteiger partial charge in [-0.15, -0.1) is 0 Å². The van der Waals surface area contributed by atoms with Crippen LogP contribution in [0, 0.1) is 0 Å². The lowest BCUT2D eigenvalue weighted by Crippen LogP contribution is -2.22. The predicted octanol–water partition coefficient (Wildman–Crippen LogP) is -0.245. The Hall–Kier alpha value is -1.75. The number of hydrogen-bond acceptors (Lipinski definition) is 4. The Balaban J connectivity index is 2.58. The SMILES string of the molecule is NCc1cccc(OC/C(N)=N/N)c1. The Bertz CT molecular complexity index is 324. The quantitative estimate of drug-likeness (QED) is 0.266. The minimum Gasteiger partial charge on any atom is -0.486 e. The summed E-state index contributed by atoms with van der Waals surface area (Å²) in [6.45, 7) is 0.669. The maximum atomic E-state index is 5.48. The molecule has 0 radical (unpaired) electrons. The third-order valence-electron chi connectivity index (χ3n) is 1.69. The van der Waals surface area contributed by atoms with Crippen molar-refractivity contribution in [3.63, 3.8) is 0 Å².